The summed E-state index contributed by atoms with van der Waals surface area (Å²) >= 11 is 6.43. The molecule has 0 radical (unpaired) electrons. The van der Waals surface area contributed by atoms with E-state index in [0.717, 1.165) is 12.5 Å². The molecule has 1 atom stereocenters. The van der Waals surface area contributed by atoms with Gasteiger partial charge in [-0.25, -0.2) is 8.42 Å². The molecule has 10 heteroatoms. The van der Waals surface area contributed by atoms with Crippen LogP contribution < -0.4 is 0 Å². The van der Waals surface area contributed by atoms with Crippen LogP contribution in [0.15, 0.2) is 10.3 Å². The Balaban J connectivity index is 2.25. The van der Waals surface area contributed by atoms with Crippen LogP contribution in [-0.4, -0.2) is 42.4 Å². The summed E-state index contributed by atoms with van der Waals surface area (Å²) in [6.07, 6.45) is 2.14. The number of nitro groups is 1. The largest absolute Gasteiger partial charge is 0.396 e. The molecule has 0 bridgehead atoms. The van der Waals surface area contributed by atoms with Gasteiger partial charge in [-0.3, -0.25) is 10.1 Å². The monoisotopic (exact) mass is 354 g/mol. The van der Waals surface area contributed by atoms with Crippen LogP contribution in [0.4, 0.5) is 5.69 Å². The number of thiophene rings is 1. The van der Waals surface area contributed by atoms with E-state index in [9.17, 15) is 18.5 Å². The molecular formula is C11H15ClN2O5S2. The van der Waals surface area contributed by atoms with Gasteiger partial charge in [-0.05, 0) is 25.2 Å². The summed E-state index contributed by atoms with van der Waals surface area (Å²) in [5.74, 6) is 0.115. The Hall–Kier alpha value is -0.740. The van der Waals surface area contributed by atoms with E-state index in [1.807, 2.05) is 0 Å². The maximum Gasteiger partial charge on any atom is 0.300 e. The summed E-state index contributed by atoms with van der Waals surface area (Å²) in [6, 6.07) is 1.01. The second-order valence-electron chi connectivity index (χ2n) is 4.87. The van der Waals surface area contributed by atoms with Gasteiger partial charge >= 0.3 is 0 Å². The zero-order valence-corrected chi connectivity index (χ0v) is 13.5. The smallest absolute Gasteiger partial charge is 0.300 e. The first-order chi connectivity index (χ1) is 9.86. The van der Waals surface area contributed by atoms with E-state index >= 15 is 0 Å². The fraction of sp³-hybridized carbons (Fsp3) is 0.636. The van der Waals surface area contributed by atoms with Crippen molar-refractivity contribution >= 4 is 38.6 Å². The molecule has 7 nitrogen and oxygen atoms in total. The molecule has 1 aromatic rings. The van der Waals surface area contributed by atoms with Crippen molar-refractivity contribution in [2.45, 2.75) is 23.5 Å². The second kappa shape index (κ2) is 6.57. The van der Waals surface area contributed by atoms with Crippen molar-refractivity contribution in [3.05, 3.63) is 20.5 Å². The van der Waals surface area contributed by atoms with Crippen LogP contribution in [0.2, 0.25) is 4.34 Å². The number of aliphatic hydroxyl groups is 1. The van der Waals surface area contributed by atoms with Crippen LogP contribution in [-0.2, 0) is 10.0 Å². The van der Waals surface area contributed by atoms with Gasteiger partial charge in [0.05, 0.1) is 4.92 Å². The van der Waals surface area contributed by atoms with E-state index in [4.69, 9.17) is 16.7 Å². The summed E-state index contributed by atoms with van der Waals surface area (Å²) in [6.45, 7) is 0.731. The first kappa shape index (κ1) is 16.6. The maximum absolute atomic E-state index is 12.5. The Morgan fingerprint density at radius 3 is 2.86 bits per heavy atom. The highest BCUT2D eigenvalue weighted by atomic mass is 35.5. The zero-order valence-electron chi connectivity index (χ0n) is 11.1. The Morgan fingerprint density at radius 2 is 2.29 bits per heavy atom. The van der Waals surface area contributed by atoms with Crippen LogP contribution in [0, 0.1) is 16.0 Å². The normalized spacial score (nSPS) is 20.6. The quantitative estimate of drug-likeness (QED) is 0.644. The lowest BCUT2D eigenvalue weighted by molar-refractivity contribution is -0.384. The highest BCUT2D eigenvalue weighted by molar-refractivity contribution is 7.91. The molecular weight excluding hydrogens is 340 g/mol. The number of hydrogen-bond donors (Lipinski definition) is 1. The van der Waals surface area contributed by atoms with Crippen molar-refractivity contribution in [3.63, 3.8) is 0 Å². The van der Waals surface area contributed by atoms with Crippen molar-refractivity contribution in [1.82, 2.24) is 4.31 Å². The van der Waals surface area contributed by atoms with Gasteiger partial charge < -0.3 is 5.11 Å². The number of nitrogens with zero attached hydrogens (tertiary/aromatic N) is 2. The van der Waals surface area contributed by atoms with Crippen LogP contribution in [0.1, 0.15) is 19.3 Å². The van der Waals surface area contributed by atoms with Crippen molar-refractivity contribution in [2.75, 3.05) is 19.7 Å². The van der Waals surface area contributed by atoms with Gasteiger partial charge in [-0.15, -0.1) is 11.3 Å². The number of sulfonamides is 1. The van der Waals surface area contributed by atoms with Crippen LogP contribution in [0.5, 0.6) is 0 Å². The fourth-order valence-corrected chi connectivity index (χ4v) is 5.76. The molecule has 2 heterocycles. The first-order valence-electron chi connectivity index (χ1n) is 6.41. The van der Waals surface area contributed by atoms with Gasteiger partial charge in [0.2, 0.25) is 0 Å². The van der Waals surface area contributed by atoms with E-state index in [-0.39, 0.29) is 26.8 Å². The molecule has 0 aliphatic carbocycles. The van der Waals surface area contributed by atoms with Crippen LogP contribution in [0.3, 0.4) is 0 Å². The molecule has 2 rings (SSSR count). The molecule has 21 heavy (non-hydrogen) atoms. The summed E-state index contributed by atoms with van der Waals surface area (Å²) in [7, 11) is -3.77. The zero-order chi connectivity index (χ0) is 15.6. The minimum atomic E-state index is -3.77. The highest BCUT2D eigenvalue weighted by Gasteiger charge is 2.33. The van der Waals surface area contributed by atoms with E-state index in [0.29, 0.717) is 37.3 Å². The Morgan fingerprint density at radius 1 is 1.57 bits per heavy atom. The van der Waals surface area contributed by atoms with Gasteiger partial charge in [0.15, 0.2) is 4.34 Å². The third-order valence-corrected chi connectivity index (χ3v) is 7.11. The topological polar surface area (TPSA) is 101 Å². The number of rotatable bonds is 5. The van der Waals surface area contributed by atoms with Gasteiger partial charge in [0.25, 0.3) is 15.7 Å². The average Bonchev–Trinajstić information content (AvgIpc) is 2.82. The standard InChI is InChI=1S/C11H15ClN2O5S2/c12-11-9(14(16)17)6-10(20-11)21(18,19)13-4-1-2-8(7-13)3-5-15/h6,8,15H,1-5,7H2. The summed E-state index contributed by atoms with van der Waals surface area (Å²) in [5, 5.41) is 19.7. The molecule has 1 unspecified atom stereocenters. The number of hydrogen-bond acceptors (Lipinski definition) is 6. The van der Waals surface area contributed by atoms with Crippen LogP contribution in [0.25, 0.3) is 0 Å². The maximum atomic E-state index is 12.5. The molecule has 0 amide bonds. The van der Waals surface area contributed by atoms with Crippen molar-refractivity contribution in [1.29, 1.82) is 0 Å². The van der Waals surface area contributed by atoms with Crippen molar-refractivity contribution in [2.24, 2.45) is 5.92 Å². The summed E-state index contributed by atoms with van der Waals surface area (Å²) < 4.78 is 26.1. The molecule has 118 valence electrons. The molecule has 1 saturated heterocycles. The predicted octanol–water partition coefficient (Wildman–Crippen LogP) is 2.09. The Kier molecular flexibility index (Phi) is 5.20. The molecule has 0 aromatic carbocycles. The van der Waals surface area contributed by atoms with Crippen LogP contribution >= 0.6 is 22.9 Å². The van der Waals surface area contributed by atoms with Crippen molar-refractivity contribution in [3.8, 4) is 0 Å². The molecule has 1 N–H and O–H groups in total. The Bertz CT molecular complexity index is 629. The van der Waals surface area contributed by atoms with E-state index < -0.39 is 14.9 Å². The lowest BCUT2D eigenvalue weighted by Crippen LogP contribution is -2.39. The van der Waals surface area contributed by atoms with E-state index in [2.05, 4.69) is 0 Å². The molecule has 0 saturated carbocycles. The van der Waals surface area contributed by atoms with Gasteiger partial charge in [-0.1, -0.05) is 11.6 Å². The number of aliphatic hydroxyl groups excluding tert-OH is 1. The third kappa shape index (κ3) is 3.54. The van der Waals surface area contributed by atoms with E-state index in [1.54, 1.807) is 0 Å². The summed E-state index contributed by atoms with van der Waals surface area (Å²) in [5.41, 5.74) is -0.385. The van der Waals surface area contributed by atoms with Crippen molar-refractivity contribution < 1.29 is 18.4 Å². The molecule has 1 aliphatic rings. The van der Waals surface area contributed by atoms with E-state index in [1.165, 1.54) is 4.31 Å². The number of piperidine rings is 1. The molecule has 1 fully saturated rings. The molecule has 1 aliphatic heterocycles. The van der Waals surface area contributed by atoms with Gasteiger partial charge in [-0.2, -0.15) is 4.31 Å². The van der Waals surface area contributed by atoms with Gasteiger partial charge in [0.1, 0.15) is 4.21 Å². The Labute approximate surface area is 131 Å². The first-order valence-corrected chi connectivity index (χ1v) is 9.04. The minimum Gasteiger partial charge on any atom is -0.396 e. The third-order valence-electron chi connectivity index (χ3n) is 3.46. The number of halogens is 1. The average molecular weight is 355 g/mol. The lowest BCUT2D eigenvalue weighted by atomic mass is 9.97. The summed E-state index contributed by atoms with van der Waals surface area (Å²) in [4.78, 5) is 10.1. The molecule has 0 spiro atoms. The fourth-order valence-electron chi connectivity index (χ4n) is 2.38. The minimum absolute atomic E-state index is 0.0227. The highest BCUT2D eigenvalue weighted by Crippen LogP contribution is 2.38. The lowest BCUT2D eigenvalue weighted by Gasteiger charge is -2.31. The van der Waals surface area contributed by atoms with Gasteiger partial charge in [0, 0.05) is 25.8 Å². The molecule has 1 aromatic heterocycles. The predicted molar refractivity (Wildman–Crippen MR) is 79.2 cm³/mol. The second-order valence-corrected chi connectivity index (χ2v) is 8.68. The SMILES string of the molecule is O=[N+]([O-])c1cc(S(=O)(=O)N2CCCC(CCO)C2)sc1Cl.